The lowest BCUT2D eigenvalue weighted by Crippen LogP contribution is -2.59. The summed E-state index contributed by atoms with van der Waals surface area (Å²) >= 11 is 0. The first-order valence-corrected chi connectivity index (χ1v) is 13.5. The molecule has 5 unspecified atom stereocenters. The summed E-state index contributed by atoms with van der Waals surface area (Å²) in [4.78, 5) is 6.62. The van der Waals surface area contributed by atoms with Gasteiger partial charge in [-0.1, -0.05) is 19.1 Å². The topological polar surface area (TPSA) is 83.5 Å². The third-order valence-electron chi connectivity index (χ3n) is 8.10. The molecule has 35 heavy (non-hydrogen) atoms. The maximum atomic E-state index is 11.4. The molecule has 2 saturated heterocycles. The van der Waals surface area contributed by atoms with Gasteiger partial charge in [-0.05, 0) is 68.9 Å². The number of rotatable bonds is 8. The van der Waals surface area contributed by atoms with Crippen molar-refractivity contribution in [3.05, 3.63) is 47.3 Å². The lowest BCUT2D eigenvalue weighted by Gasteiger charge is -2.44. The Labute approximate surface area is 210 Å². The second-order valence-electron chi connectivity index (χ2n) is 10.8. The van der Waals surface area contributed by atoms with Crippen molar-refractivity contribution in [3.8, 4) is 0 Å². The molecule has 0 aromatic carbocycles. The quantitative estimate of drug-likeness (QED) is 0.412. The Morgan fingerprint density at radius 1 is 1.23 bits per heavy atom. The highest BCUT2D eigenvalue weighted by Gasteiger charge is 2.38. The Bertz CT molecular complexity index is 864. The number of aliphatic hydroxyl groups is 2. The van der Waals surface area contributed by atoms with Crippen molar-refractivity contribution in [2.75, 3.05) is 39.3 Å². The first-order valence-electron chi connectivity index (χ1n) is 13.5. The Balaban J connectivity index is 1.20. The lowest BCUT2D eigenvalue weighted by atomic mass is 9.90. The number of hydrogen-bond acceptors (Lipinski definition) is 8. The van der Waals surface area contributed by atoms with Crippen LogP contribution < -0.4 is 10.6 Å². The highest BCUT2D eigenvalue weighted by atomic mass is 16.6. The number of piperazine rings is 1. The van der Waals surface area contributed by atoms with Crippen LogP contribution in [0.5, 0.6) is 0 Å². The summed E-state index contributed by atoms with van der Waals surface area (Å²) in [6, 6.07) is 0.113. The molecule has 0 amide bonds. The fourth-order valence-electron chi connectivity index (χ4n) is 5.87. The van der Waals surface area contributed by atoms with Crippen LogP contribution in [-0.4, -0.2) is 95.1 Å². The van der Waals surface area contributed by atoms with Gasteiger partial charge in [0.25, 0.3) is 0 Å². The summed E-state index contributed by atoms with van der Waals surface area (Å²) in [5.41, 5.74) is 3.80. The minimum Gasteiger partial charge on any atom is -0.378 e. The zero-order valence-corrected chi connectivity index (χ0v) is 21.4. The lowest BCUT2D eigenvalue weighted by molar-refractivity contribution is -0.122. The van der Waals surface area contributed by atoms with E-state index in [0.717, 1.165) is 50.8 Å². The van der Waals surface area contributed by atoms with E-state index in [2.05, 4.69) is 65.6 Å². The SMILES string of the molecule is CCCNC1C=C(N2C(O)OC[C@H]2C)C=CC1C(O)N1CCN(C2NC=C(C3CC3)C=C2C)CC1. The molecule has 1 saturated carbocycles. The predicted octanol–water partition coefficient (Wildman–Crippen LogP) is 1.53. The van der Waals surface area contributed by atoms with Gasteiger partial charge in [0.05, 0.1) is 12.6 Å². The van der Waals surface area contributed by atoms with Crippen molar-refractivity contribution in [3.63, 3.8) is 0 Å². The van der Waals surface area contributed by atoms with Crippen LogP contribution in [0, 0.1) is 11.8 Å². The minimum atomic E-state index is -0.914. The maximum Gasteiger partial charge on any atom is 0.238 e. The zero-order valence-electron chi connectivity index (χ0n) is 21.4. The van der Waals surface area contributed by atoms with Crippen LogP contribution in [0.2, 0.25) is 0 Å². The van der Waals surface area contributed by atoms with Gasteiger partial charge in [0.15, 0.2) is 0 Å². The molecule has 0 aromatic heterocycles. The van der Waals surface area contributed by atoms with Crippen molar-refractivity contribution >= 4 is 0 Å². The second-order valence-corrected chi connectivity index (χ2v) is 10.8. The van der Waals surface area contributed by atoms with Crippen LogP contribution in [0.4, 0.5) is 0 Å². The van der Waals surface area contributed by atoms with Gasteiger partial charge >= 0.3 is 0 Å². The van der Waals surface area contributed by atoms with Crippen molar-refractivity contribution in [1.29, 1.82) is 0 Å². The number of aliphatic hydroxyl groups excluding tert-OH is 2. The number of ether oxygens (including phenoxy) is 1. The molecule has 2 aliphatic carbocycles. The van der Waals surface area contributed by atoms with Crippen molar-refractivity contribution < 1.29 is 14.9 Å². The fourth-order valence-corrected chi connectivity index (χ4v) is 5.87. The van der Waals surface area contributed by atoms with Crippen LogP contribution in [0.25, 0.3) is 0 Å². The number of dihydropyridines is 1. The molecule has 8 heteroatoms. The molecule has 194 valence electrons. The van der Waals surface area contributed by atoms with E-state index in [1.165, 1.54) is 24.0 Å². The van der Waals surface area contributed by atoms with Gasteiger partial charge in [-0.3, -0.25) is 9.80 Å². The van der Waals surface area contributed by atoms with Crippen LogP contribution in [0.1, 0.15) is 40.0 Å². The van der Waals surface area contributed by atoms with E-state index < -0.39 is 12.6 Å². The minimum absolute atomic E-state index is 0.000786. The van der Waals surface area contributed by atoms with E-state index in [-0.39, 0.29) is 24.2 Å². The predicted molar refractivity (Wildman–Crippen MR) is 137 cm³/mol. The number of allylic oxidation sites excluding steroid dienone is 3. The molecule has 3 fully saturated rings. The normalized spacial score (nSPS) is 35.4. The maximum absolute atomic E-state index is 11.4. The average Bonchev–Trinajstić information content (AvgIpc) is 3.66. The molecule has 8 nitrogen and oxygen atoms in total. The van der Waals surface area contributed by atoms with E-state index >= 15 is 0 Å². The first kappa shape index (κ1) is 25.0. The van der Waals surface area contributed by atoms with Crippen LogP contribution in [0.15, 0.2) is 47.3 Å². The summed E-state index contributed by atoms with van der Waals surface area (Å²) < 4.78 is 5.42. The van der Waals surface area contributed by atoms with Gasteiger partial charge in [-0.2, -0.15) is 0 Å². The summed E-state index contributed by atoms with van der Waals surface area (Å²) in [6.07, 6.45) is 13.3. The number of hydrogen-bond donors (Lipinski definition) is 4. The summed E-state index contributed by atoms with van der Waals surface area (Å²) in [7, 11) is 0. The highest BCUT2D eigenvalue weighted by Crippen LogP contribution is 2.38. The Hall–Kier alpha value is -1.68. The first-order chi connectivity index (χ1) is 17.0. The van der Waals surface area contributed by atoms with E-state index in [1.807, 2.05) is 11.0 Å². The Morgan fingerprint density at radius 3 is 2.63 bits per heavy atom. The van der Waals surface area contributed by atoms with Crippen LogP contribution in [-0.2, 0) is 4.74 Å². The zero-order chi connectivity index (χ0) is 24.5. The largest absolute Gasteiger partial charge is 0.378 e. The average molecular weight is 486 g/mol. The van der Waals surface area contributed by atoms with Crippen LogP contribution in [0.3, 0.4) is 0 Å². The van der Waals surface area contributed by atoms with E-state index in [0.29, 0.717) is 6.61 Å². The van der Waals surface area contributed by atoms with Gasteiger partial charge < -0.3 is 30.5 Å². The summed E-state index contributed by atoms with van der Waals surface area (Å²) in [5.74, 6) is 0.716. The monoisotopic (exact) mass is 485 g/mol. The third-order valence-corrected chi connectivity index (χ3v) is 8.10. The molecule has 3 heterocycles. The van der Waals surface area contributed by atoms with Crippen LogP contribution >= 0.6 is 0 Å². The van der Waals surface area contributed by atoms with E-state index in [9.17, 15) is 10.2 Å². The Morgan fingerprint density at radius 2 is 2.00 bits per heavy atom. The van der Waals surface area contributed by atoms with Gasteiger partial charge in [0.2, 0.25) is 6.41 Å². The number of nitrogens with zero attached hydrogens (tertiary/aromatic N) is 3. The molecule has 6 atom stereocenters. The molecule has 0 bridgehead atoms. The molecule has 5 aliphatic rings. The smallest absolute Gasteiger partial charge is 0.238 e. The standard InChI is InChI=1S/C27H43N5O3/c1-4-9-28-24-15-22(32-19(3)17-35-27(32)34)7-8-23(24)26(33)31-12-10-30(11-13-31)25-18(2)14-21(16-29-25)20-5-6-20/h7-8,14-16,19-20,23-29,33-34H,4-6,9-13,17H2,1-3H3/t19-,23?,24?,25?,26?,27?/m1/s1. The molecular weight excluding hydrogens is 442 g/mol. The van der Waals surface area contributed by atoms with Crippen molar-refractivity contribution in [2.24, 2.45) is 11.8 Å². The van der Waals surface area contributed by atoms with Gasteiger partial charge in [0, 0.05) is 50.0 Å². The Kier molecular flexibility index (Phi) is 7.67. The third kappa shape index (κ3) is 5.38. The molecule has 0 spiro atoms. The fraction of sp³-hybridized carbons (Fsp3) is 0.704. The van der Waals surface area contributed by atoms with Gasteiger partial charge in [0.1, 0.15) is 12.4 Å². The van der Waals surface area contributed by atoms with Gasteiger partial charge in [-0.15, -0.1) is 0 Å². The molecule has 3 aliphatic heterocycles. The highest BCUT2D eigenvalue weighted by molar-refractivity contribution is 5.33. The molecule has 4 N–H and O–H groups in total. The summed E-state index contributed by atoms with van der Waals surface area (Å²) in [5, 5.41) is 29.0. The van der Waals surface area contributed by atoms with E-state index in [4.69, 9.17) is 4.74 Å². The second kappa shape index (κ2) is 10.7. The molecule has 0 radical (unpaired) electrons. The van der Waals surface area contributed by atoms with Crippen molar-refractivity contribution in [2.45, 2.75) is 70.9 Å². The summed E-state index contributed by atoms with van der Waals surface area (Å²) in [6.45, 7) is 11.4. The number of nitrogens with one attached hydrogen (secondary N) is 2. The van der Waals surface area contributed by atoms with Gasteiger partial charge in [-0.25, -0.2) is 0 Å². The molecule has 0 aromatic rings. The molecular formula is C27H43N5O3. The van der Waals surface area contributed by atoms with E-state index in [1.54, 1.807) is 0 Å². The molecule has 5 rings (SSSR count). The van der Waals surface area contributed by atoms with Crippen molar-refractivity contribution in [1.82, 2.24) is 25.3 Å².